The molecule has 0 saturated heterocycles. The second-order valence-electron chi connectivity index (χ2n) is 4.78. The maximum Gasteiger partial charge on any atom is 0.240 e. The largest absolute Gasteiger partial charge is 0.323 e. The second-order valence-corrected chi connectivity index (χ2v) is 6.51. The summed E-state index contributed by atoms with van der Waals surface area (Å²) in [6, 6.07) is 12.4. The highest BCUT2D eigenvalue weighted by Crippen LogP contribution is 2.17. The maximum atomic E-state index is 13.2. The SMILES string of the molecule is Cc1ccc(F)cc1S(=O)(=O)NCC(N)c1ccccc1. The van der Waals surface area contributed by atoms with Crippen LogP contribution in [0.3, 0.4) is 0 Å². The van der Waals surface area contributed by atoms with Crippen molar-refractivity contribution in [2.45, 2.75) is 17.9 Å². The zero-order chi connectivity index (χ0) is 15.5. The van der Waals surface area contributed by atoms with E-state index in [-0.39, 0.29) is 11.4 Å². The van der Waals surface area contributed by atoms with Crippen LogP contribution in [-0.4, -0.2) is 15.0 Å². The van der Waals surface area contributed by atoms with Gasteiger partial charge in [0.1, 0.15) is 5.82 Å². The molecule has 0 heterocycles. The van der Waals surface area contributed by atoms with Gasteiger partial charge in [-0.05, 0) is 30.2 Å². The smallest absolute Gasteiger partial charge is 0.240 e. The molecule has 4 nitrogen and oxygen atoms in total. The number of benzene rings is 2. The highest BCUT2D eigenvalue weighted by Gasteiger charge is 2.18. The molecule has 0 bridgehead atoms. The van der Waals surface area contributed by atoms with Gasteiger partial charge >= 0.3 is 0 Å². The van der Waals surface area contributed by atoms with Crippen LogP contribution in [0.15, 0.2) is 53.4 Å². The first kappa shape index (κ1) is 15.6. The molecule has 3 N–H and O–H groups in total. The minimum atomic E-state index is -3.79. The lowest BCUT2D eigenvalue weighted by Crippen LogP contribution is -2.32. The summed E-state index contributed by atoms with van der Waals surface area (Å²) < 4.78 is 40.1. The second kappa shape index (κ2) is 6.34. The Bertz CT molecular complexity index is 718. The van der Waals surface area contributed by atoms with Gasteiger partial charge in [-0.25, -0.2) is 17.5 Å². The lowest BCUT2D eigenvalue weighted by molar-refractivity contribution is 0.568. The molecule has 0 aromatic heterocycles. The fourth-order valence-corrected chi connectivity index (χ4v) is 3.27. The van der Waals surface area contributed by atoms with E-state index in [1.807, 2.05) is 30.3 Å². The molecule has 0 aliphatic heterocycles. The molecule has 2 rings (SSSR count). The summed E-state index contributed by atoms with van der Waals surface area (Å²) in [4.78, 5) is -0.0669. The van der Waals surface area contributed by atoms with Crippen LogP contribution in [0, 0.1) is 12.7 Å². The highest BCUT2D eigenvalue weighted by molar-refractivity contribution is 7.89. The Morgan fingerprint density at radius 1 is 1.19 bits per heavy atom. The Balaban J connectivity index is 2.13. The zero-order valence-electron chi connectivity index (χ0n) is 11.6. The van der Waals surface area contributed by atoms with Crippen molar-refractivity contribution < 1.29 is 12.8 Å². The molecule has 0 saturated carbocycles. The summed E-state index contributed by atoms with van der Waals surface area (Å²) in [5.41, 5.74) is 7.26. The van der Waals surface area contributed by atoms with Crippen molar-refractivity contribution >= 4 is 10.0 Å². The van der Waals surface area contributed by atoms with Gasteiger partial charge in [0.2, 0.25) is 10.0 Å². The van der Waals surface area contributed by atoms with Gasteiger partial charge in [0.15, 0.2) is 0 Å². The van der Waals surface area contributed by atoms with E-state index in [2.05, 4.69) is 4.72 Å². The van der Waals surface area contributed by atoms with Crippen LogP contribution >= 0.6 is 0 Å². The average molecular weight is 308 g/mol. The van der Waals surface area contributed by atoms with Gasteiger partial charge in [-0.1, -0.05) is 36.4 Å². The Morgan fingerprint density at radius 3 is 2.52 bits per heavy atom. The van der Waals surface area contributed by atoms with Crippen molar-refractivity contribution in [2.75, 3.05) is 6.54 Å². The van der Waals surface area contributed by atoms with Gasteiger partial charge in [0.25, 0.3) is 0 Å². The molecule has 1 unspecified atom stereocenters. The molecule has 2 aromatic carbocycles. The number of nitrogens with two attached hydrogens (primary N) is 1. The number of halogens is 1. The molecule has 0 amide bonds. The lowest BCUT2D eigenvalue weighted by atomic mass is 10.1. The van der Waals surface area contributed by atoms with Gasteiger partial charge < -0.3 is 5.73 Å². The van der Waals surface area contributed by atoms with Crippen LogP contribution in [-0.2, 0) is 10.0 Å². The number of rotatable bonds is 5. The van der Waals surface area contributed by atoms with Gasteiger partial charge in [-0.3, -0.25) is 0 Å². The molecule has 0 aliphatic carbocycles. The molecular weight excluding hydrogens is 291 g/mol. The summed E-state index contributed by atoms with van der Waals surface area (Å²) in [7, 11) is -3.79. The molecule has 0 spiro atoms. The fourth-order valence-electron chi connectivity index (χ4n) is 1.96. The van der Waals surface area contributed by atoms with E-state index in [0.717, 1.165) is 11.6 Å². The van der Waals surface area contributed by atoms with E-state index in [1.54, 1.807) is 6.92 Å². The van der Waals surface area contributed by atoms with Crippen molar-refractivity contribution in [3.05, 3.63) is 65.5 Å². The van der Waals surface area contributed by atoms with Crippen LogP contribution in [0.4, 0.5) is 4.39 Å². The van der Waals surface area contributed by atoms with Crippen molar-refractivity contribution in [3.8, 4) is 0 Å². The standard InChI is InChI=1S/C15H17FN2O2S/c1-11-7-8-13(16)9-15(11)21(19,20)18-10-14(17)12-5-3-2-4-6-12/h2-9,14,18H,10,17H2,1H3. The number of hydrogen-bond donors (Lipinski definition) is 2. The van der Waals surface area contributed by atoms with E-state index in [4.69, 9.17) is 5.73 Å². The number of sulfonamides is 1. The van der Waals surface area contributed by atoms with Crippen molar-refractivity contribution in [2.24, 2.45) is 5.73 Å². The van der Waals surface area contributed by atoms with Gasteiger partial charge in [-0.15, -0.1) is 0 Å². The molecule has 6 heteroatoms. The highest BCUT2D eigenvalue weighted by atomic mass is 32.2. The van der Waals surface area contributed by atoms with E-state index in [0.29, 0.717) is 5.56 Å². The maximum absolute atomic E-state index is 13.2. The Morgan fingerprint density at radius 2 is 1.86 bits per heavy atom. The van der Waals surface area contributed by atoms with E-state index in [9.17, 15) is 12.8 Å². The van der Waals surface area contributed by atoms with E-state index >= 15 is 0 Å². The minimum absolute atomic E-state index is 0.0439. The summed E-state index contributed by atoms with van der Waals surface area (Å²) >= 11 is 0. The normalized spacial score (nSPS) is 13.1. The molecule has 0 fully saturated rings. The summed E-state index contributed by atoms with van der Waals surface area (Å²) in [6.07, 6.45) is 0. The third kappa shape index (κ3) is 3.87. The summed E-state index contributed by atoms with van der Waals surface area (Å²) in [6.45, 7) is 1.66. The van der Waals surface area contributed by atoms with Gasteiger partial charge in [-0.2, -0.15) is 0 Å². The van der Waals surface area contributed by atoms with Crippen LogP contribution < -0.4 is 10.5 Å². The van der Waals surface area contributed by atoms with Crippen molar-refractivity contribution in [3.63, 3.8) is 0 Å². The molecular formula is C15H17FN2O2S. The summed E-state index contributed by atoms with van der Waals surface area (Å²) in [5.74, 6) is -0.590. The molecule has 21 heavy (non-hydrogen) atoms. The predicted octanol–water partition coefficient (Wildman–Crippen LogP) is 2.11. The molecule has 2 aromatic rings. The van der Waals surface area contributed by atoms with Crippen LogP contribution in [0.5, 0.6) is 0 Å². The number of aryl methyl sites for hydroxylation is 1. The average Bonchev–Trinajstić information content (AvgIpc) is 2.48. The minimum Gasteiger partial charge on any atom is -0.323 e. The van der Waals surface area contributed by atoms with E-state index < -0.39 is 21.9 Å². The lowest BCUT2D eigenvalue weighted by Gasteiger charge is -2.14. The Hall–Kier alpha value is -1.76. The van der Waals surface area contributed by atoms with E-state index in [1.165, 1.54) is 12.1 Å². The number of nitrogens with one attached hydrogen (secondary N) is 1. The van der Waals surface area contributed by atoms with Crippen LogP contribution in [0.1, 0.15) is 17.2 Å². The quantitative estimate of drug-likeness (QED) is 0.888. The number of hydrogen-bond acceptors (Lipinski definition) is 3. The third-order valence-electron chi connectivity index (χ3n) is 3.16. The van der Waals surface area contributed by atoms with Gasteiger partial charge in [0, 0.05) is 12.6 Å². The monoisotopic (exact) mass is 308 g/mol. The first-order valence-corrected chi connectivity index (χ1v) is 7.95. The van der Waals surface area contributed by atoms with Crippen LogP contribution in [0.2, 0.25) is 0 Å². The van der Waals surface area contributed by atoms with Crippen LogP contribution in [0.25, 0.3) is 0 Å². The fraction of sp³-hybridized carbons (Fsp3) is 0.200. The van der Waals surface area contributed by atoms with Crippen molar-refractivity contribution in [1.29, 1.82) is 0 Å². The molecule has 1 atom stereocenters. The third-order valence-corrected chi connectivity index (χ3v) is 4.73. The molecule has 0 aliphatic rings. The first-order chi connectivity index (χ1) is 9.90. The Labute approximate surface area is 123 Å². The van der Waals surface area contributed by atoms with Crippen molar-refractivity contribution in [1.82, 2.24) is 4.72 Å². The topological polar surface area (TPSA) is 72.2 Å². The zero-order valence-corrected chi connectivity index (χ0v) is 12.4. The predicted molar refractivity (Wildman–Crippen MR) is 79.7 cm³/mol. The Kier molecular flexibility index (Phi) is 4.72. The van der Waals surface area contributed by atoms with Gasteiger partial charge in [0.05, 0.1) is 4.90 Å². The molecule has 112 valence electrons. The molecule has 0 radical (unpaired) electrons. The summed E-state index contributed by atoms with van der Waals surface area (Å²) in [5, 5.41) is 0. The first-order valence-electron chi connectivity index (χ1n) is 6.46.